The Hall–Kier alpha value is -7.56. The number of anilines is 6. The summed E-state index contributed by atoms with van der Waals surface area (Å²) in [6.45, 7) is 4.74. The van der Waals surface area contributed by atoms with E-state index < -0.39 is 0 Å². The van der Waals surface area contributed by atoms with Gasteiger partial charge in [-0.2, -0.15) is 0 Å². The topological polar surface area (TPSA) is 32.8 Å². The molecule has 59 heavy (non-hydrogen) atoms. The predicted molar refractivity (Wildman–Crippen MR) is 245 cm³/mol. The molecule has 1 aliphatic carbocycles. The highest BCUT2D eigenvalue weighted by Crippen LogP contribution is 2.53. The van der Waals surface area contributed by atoms with Gasteiger partial charge in [-0.25, -0.2) is 0 Å². The maximum absolute atomic E-state index is 6.29. The number of furan rings is 2. The maximum atomic E-state index is 6.29. The molecule has 0 saturated carbocycles. The fourth-order valence-corrected chi connectivity index (χ4v) is 9.55. The highest BCUT2D eigenvalue weighted by molar-refractivity contribution is 6.09. The molecule has 0 N–H and O–H groups in total. The van der Waals surface area contributed by atoms with E-state index in [1.54, 1.807) is 0 Å². The summed E-state index contributed by atoms with van der Waals surface area (Å²) in [6, 6.07) is 69.6. The van der Waals surface area contributed by atoms with Crippen LogP contribution in [0.5, 0.6) is 0 Å². The highest BCUT2D eigenvalue weighted by Gasteiger charge is 2.37. The molecule has 0 radical (unpaired) electrons. The summed E-state index contributed by atoms with van der Waals surface area (Å²) < 4.78 is 12.6. The molecule has 0 fully saturated rings. The van der Waals surface area contributed by atoms with E-state index in [1.165, 1.54) is 33.0 Å². The number of hydrogen-bond donors (Lipinski definition) is 0. The standard InChI is InChI=1S/C55H38N2O2/c1-55(2)48-33-39(23-27-42(48)43-28-24-40(34-49(43)55)57(36-15-4-3-5-16-36)50-20-12-14-35-13-6-7-17-41(35)50)56(37-25-29-53-46(31-37)44-18-8-10-21-51(44)58-53)38-26-30-54-47(32-38)45-19-9-11-22-52(45)59-54/h3-34H,1-2H3. The van der Waals surface area contributed by atoms with E-state index in [0.717, 1.165) is 78.0 Å². The first-order valence-electron chi connectivity index (χ1n) is 20.2. The minimum absolute atomic E-state index is 0.279. The molecule has 12 rings (SSSR count). The van der Waals surface area contributed by atoms with Crippen LogP contribution in [0.3, 0.4) is 0 Å². The molecule has 11 aromatic rings. The number of benzene rings is 9. The molecule has 4 heteroatoms. The molecule has 0 atom stereocenters. The molecule has 0 unspecified atom stereocenters. The van der Waals surface area contributed by atoms with Gasteiger partial charge in [0.15, 0.2) is 0 Å². The third-order valence-corrected chi connectivity index (χ3v) is 12.4. The van der Waals surface area contributed by atoms with E-state index in [0.29, 0.717) is 0 Å². The van der Waals surface area contributed by atoms with Crippen LogP contribution < -0.4 is 9.80 Å². The lowest BCUT2D eigenvalue weighted by atomic mass is 9.82. The first kappa shape index (κ1) is 33.6. The van der Waals surface area contributed by atoms with Crippen molar-refractivity contribution < 1.29 is 8.83 Å². The Morgan fingerprint density at radius 3 is 1.41 bits per heavy atom. The van der Waals surface area contributed by atoms with Crippen molar-refractivity contribution in [3.05, 3.63) is 205 Å². The Labute approximate surface area is 341 Å². The van der Waals surface area contributed by atoms with Crippen molar-refractivity contribution in [2.24, 2.45) is 0 Å². The van der Waals surface area contributed by atoms with Gasteiger partial charge in [0.25, 0.3) is 0 Å². The van der Waals surface area contributed by atoms with Crippen LogP contribution in [0.25, 0.3) is 65.8 Å². The molecule has 1 aliphatic rings. The van der Waals surface area contributed by atoms with Crippen LogP contribution in [0.15, 0.2) is 203 Å². The molecular weight excluding hydrogens is 721 g/mol. The molecule has 0 bridgehead atoms. The number of hydrogen-bond acceptors (Lipinski definition) is 4. The second-order valence-corrected chi connectivity index (χ2v) is 16.1. The molecule has 280 valence electrons. The Morgan fingerprint density at radius 1 is 0.339 bits per heavy atom. The van der Waals surface area contributed by atoms with Crippen molar-refractivity contribution in [3.8, 4) is 11.1 Å². The molecule has 2 heterocycles. The minimum atomic E-state index is -0.279. The lowest BCUT2D eigenvalue weighted by Gasteiger charge is -2.29. The van der Waals surface area contributed by atoms with E-state index >= 15 is 0 Å². The van der Waals surface area contributed by atoms with Gasteiger partial charge in [-0.05, 0) is 119 Å². The zero-order valence-corrected chi connectivity index (χ0v) is 32.7. The molecule has 0 saturated heterocycles. The van der Waals surface area contributed by atoms with Gasteiger partial charge in [-0.1, -0.05) is 117 Å². The summed E-state index contributed by atoms with van der Waals surface area (Å²) in [7, 11) is 0. The first-order chi connectivity index (χ1) is 29.0. The van der Waals surface area contributed by atoms with Gasteiger partial charge in [0.1, 0.15) is 22.3 Å². The molecular formula is C55H38N2O2. The molecule has 4 nitrogen and oxygen atoms in total. The van der Waals surface area contributed by atoms with Gasteiger partial charge in [0.05, 0.1) is 5.69 Å². The van der Waals surface area contributed by atoms with E-state index in [9.17, 15) is 0 Å². The largest absolute Gasteiger partial charge is 0.456 e. The van der Waals surface area contributed by atoms with Crippen LogP contribution in [0, 0.1) is 0 Å². The molecule has 0 spiro atoms. The van der Waals surface area contributed by atoms with Gasteiger partial charge < -0.3 is 18.6 Å². The van der Waals surface area contributed by atoms with Crippen LogP contribution in [-0.4, -0.2) is 0 Å². The van der Waals surface area contributed by atoms with E-state index in [2.05, 4.69) is 194 Å². The Morgan fingerprint density at radius 2 is 0.797 bits per heavy atom. The normalized spacial score (nSPS) is 13.1. The van der Waals surface area contributed by atoms with Crippen molar-refractivity contribution in [1.82, 2.24) is 0 Å². The third kappa shape index (κ3) is 5.16. The Kier molecular flexibility index (Phi) is 7.24. The lowest BCUT2D eigenvalue weighted by molar-refractivity contribution is 0.660. The van der Waals surface area contributed by atoms with Crippen molar-refractivity contribution in [3.63, 3.8) is 0 Å². The number of para-hydroxylation sites is 3. The fourth-order valence-electron chi connectivity index (χ4n) is 9.55. The first-order valence-corrected chi connectivity index (χ1v) is 20.2. The summed E-state index contributed by atoms with van der Waals surface area (Å²) in [6.07, 6.45) is 0. The number of fused-ring (bicyclic) bond motifs is 10. The molecule has 2 aromatic heterocycles. The minimum Gasteiger partial charge on any atom is -0.456 e. The van der Waals surface area contributed by atoms with Crippen LogP contribution >= 0.6 is 0 Å². The molecule has 0 amide bonds. The zero-order chi connectivity index (χ0) is 39.2. The number of nitrogens with zero attached hydrogens (tertiary/aromatic N) is 2. The zero-order valence-electron chi connectivity index (χ0n) is 32.7. The van der Waals surface area contributed by atoms with Crippen LogP contribution in [0.4, 0.5) is 34.1 Å². The monoisotopic (exact) mass is 758 g/mol. The summed E-state index contributed by atoms with van der Waals surface area (Å²) in [4.78, 5) is 4.78. The van der Waals surface area contributed by atoms with Gasteiger partial charge in [0.2, 0.25) is 0 Å². The Bertz CT molecular complexity index is 3330. The lowest BCUT2D eigenvalue weighted by Crippen LogP contribution is -2.17. The quantitative estimate of drug-likeness (QED) is 0.169. The van der Waals surface area contributed by atoms with Crippen molar-refractivity contribution in [2.45, 2.75) is 19.3 Å². The summed E-state index contributed by atoms with van der Waals surface area (Å²) in [5.41, 5.74) is 15.0. The van der Waals surface area contributed by atoms with Gasteiger partial charge >= 0.3 is 0 Å². The highest BCUT2D eigenvalue weighted by atomic mass is 16.3. The van der Waals surface area contributed by atoms with E-state index in [4.69, 9.17) is 8.83 Å². The predicted octanol–water partition coefficient (Wildman–Crippen LogP) is 15.9. The number of rotatable bonds is 6. The van der Waals surface area contributed by atoms with Gasteiger partial charge in [-0.15, -0.1) is 0 Å². The van der Waals surface area contributed by atoms with Crippen LogP contribution in [0.1, 0.15) is 25.0 Å². The average molecular weight is 759 g/mol. The molecule has 9 aromatic carbocycles. The van der Waals surface area contributed by atoms with Crippen LogP contribution in [-0.2, 0) is 5.41 Å². The van der Waals surface area contributed by atoms with E-state index in [-0.39, 0.29) is 5.41 Å². The van der Waals surface area contributed by atoms with Gasteiger partial charge in [0, 0.05) is 60.8 Å². The van der Waals surface area contributed by atoms with E-state index in [1.807, 2.05) is 24.3 Å². The second-order valence-electron chi connectivity index (χ2n) is 16.1. The maximum Gasteiger partial charge on any atom is 0.135 e. The third-order valence-electron chi connectivity index (χ3n) is 12.4. The SMILES string of the molecule is CC1(C)c2cc(N(c3ccc4oc5ccccc5c4c3)c3ccc4oc5ccccc5c4c3)ccc2-c2ccc(N(c3ccccc3)c3cccc4ccccc34)cc21. The van der Waals surface area contributed by atoms with Crippen LogP contribution in [0.2, 0.25) is 0 Å². The second kappa shape index (κ2) is 12.7. The molecule has 0 aliphatic heterocycles. The van der Waals surface area contributed by atoms with Gasteiger partial charge in [-0.3, -0.25) is 0 Å². The summed E-state index contributed by atoms with van der Waals surface area (Å²) in [5.74, 6) is 0. The van der Waals surface area contributed by atoms with Crippen molar-refractivity contribution >= 4 is 88.8 Å². The van der Waals surface area contributed by atoms with Crippen molar-refractivity contribution in [1.29, 1.82) is 0 Å². The van der Waals surface area contributed by atoms with Crippen molar-refractivity contribution in [2.75, 3.05) is 9.80 Å². The Balaban J connectivity index is 1.02. The fraction of sp³-hybridized carbons (Fsp3) is 0.0545. The smallest absolute Gasteiger partial charge is 0.135 e. The average Bonchev–Trinajstić information content (AvgIpc) is 3.91. The summed E-state index contributed by atoms with van der Waals surface area (Å²) >= 11 is 0. The summed E-state index contributed by atoms with van der Waals surface area (Å²) in [5, 5.41) is 6.83.